The molecule has 0 saturated carbocycles. The third-order valence-electron chi connectivity index (χ3n) is 3.36. The number of amides is 1. The van der Waals surface area contributed by atoms with Gasteiger partial charge in [0.25, 0.3) is 0 Å². The first kappa shape index (κ1) is 18.6. The van der Waals surface area contributed by atoms with E-state index in [1.165, 1.54) is 0 Å². The predicted molar refractivity (Wildman–Crippen MR) is 77.8 cm³/mol. The van der Waals surface area contributed by atoms with Crippen molar-refractivity contribution in [2.24, 2.45) is 5.41 Å². The van der Waals surface area contributed by atoms with E-state index in [9.17, 15) is 4.79 Å². The minimum atomic E-state index is -0.0301. The van der Waals surface area contributed by atoms with Gasteiger partial charge in [-0.2, -0.15) is 0 Å². The van der Waals surface area contributed by atoms with Crippen LogP contribution < -0.4 is 10.6 Å². The van der Waals surface area contributed by atoms with Gasteiger partial charge in [0.15, 0.2) is 0 Å². The van der Waals surface area contributed by atoms with E-state index in [4.69, 9.17) is 9.47 Å². The molecule has 1 rings (SSSR count). The summed E-state index contributed by atoms with van der Waals surface area (Å²) in [7, 11) is 1.72. The fourth-order valence-electron chi connectivity index (χ4n) is 2.28. The Bertz CT molecular complexity index is 241. The Balaban J connectivity index is 0.00000324. The van der Waals surface area contributed by atoms with Crippen LogP contribution in [0.15, 0.2) is 0 Å². The van der Waals surface area contributed by atoms with Gasteiger partial charge < -0.3 is 20.1 Å². The quantitative estimate of drug-likeness (QED) is 0.655. The highest BCUT2D eigenvalue weighted by molar-refractivity contribution is 5.85. The molecule has 1 aliphatic rings. The molecule has 1 aliphatic heterocycles. The van der Waals surface area contributed by atoms with Gasteiger partial charge in [0, 0.05) is 25.7 Å². The fraction of sp³-hybridized carbons (Fsp3) is 0.923. The number of ether oxygens (including phenoxy) is 2. The largest absolute Gasteiger partial charge is 0.384 e. The molecule has 1 fully saturated rings. The number of halogens is 1. The summed E-state index contributed by atoms with van der Waals surface area (Å²) in [4.78, 5) is 11.6. The van der Waals surface area contributed by atoms with Gasteiger partial charge in [0.05, 0.1) is 6.61 Å². The Morgan fingerprint density at radius 1 is 1.37 bits per heavy atom. The Hall–Kier alpha value is -0.360. The highest BCUT2D eigenvalue weighted by Crippen LogP contribution is 2.28. The van der Waals surface area contributed by atoms with Crippen molar-refractivity contribution in [3.63, 3.8) is 0 Å². The van der Waals surface area contributed by atoms with Crippen LogP contribution in [0.1, 0.15) is 26.2 Å². The molecule has 0 aromatic carbocycles. The summed E-state index contributed by atoms with van der Waals surface area (Å²) in [6, 6.07) is 0. The lowest BCUT2D eigenvalue weighted by Gasteiger charge is -2.37. The van der Waals surface area contributed by atoms with Crippen LogP contribution in [0.25, 0.3) is 0 Å². The van der Waals surface area contributed by atoms with Crippen LogP contribution >= 0.6 is 12.4 Å². The third kappa shape index (κ3) is 7.11. The molecule has 19 heavy (non-hydrogen) atoms. The highest BCUT2D eigenvalue weighted by atomic mass is 35.5. The summed E-state index contributed by atoms with van der Waals surface area (Å²) >= 11 is 0. The van der Waals surface area contributed by atoms with Crippen molar-refractivity contribution in [1.29, 1.82) is 0 Å². The number of hydrogen-bond donors (Lipinski definition) is 2. The maximum Gasteiger partial charge on any atom is 0.246 e. The molecule has 2 N–H and O–H groups in total. The van der Waals surface area contributed by atoms with Gasteiger partial charge >= 0.3 is 0 Å². The Labute approximate surface area is 122 Å². The van der Waals surface area contributed by atoms with E-state index in [-0.39, 0.29) is 30.3 Å². The molecule has 5 nitrogen and oxygen atoms in total. The van der Waals surface area contributed by atoms with E-state index in [1.54, 1.807) is 7.11 Å². The molecule has 0 bridgehead atoms. The van der Waals surface area contributed by atoms with E-state index in [2.05, 4.69) is 10.6 Å². The summed E-state index contributed by atoms with van der Waals surface area (Å²) in [5.74, 6) is -0.0301. The van der Waals surface area contributed by atoms with Crippen molar-refractivity contribution in [1.82, 2.24) is 10.6 Å². The van der Waals surface area contributed by atoms with E-state index in [0.29, 0.717) is 19.8 Å². The fourth-order valence-corrected chi connectivity index (χ4v) is 2.28. The highest BCUT2D eigenvalue weighted by Gasteiger charge is 2.32. The van der Waals surface area contributed by atoms with Gasteiger partial charge in [-0.05, 0) is 32.4 Å². The van der Waals surface area contributed by atoms with Crippen LogP contribution in [0.3, 0.4) is 0 Å². The lowest BCUT2D eigenvalue weighted by atomic mass is 9.79. The molecule has 0 spiro atoms. The number of nitrogens with one attached hydrogen (secondary N) is 2. The summed E-state index contributed by atoms with van der Waals surface area (Å²) in [5, 5.41) is 6.30. The first-order chi connectivity index (χ1) is 8.72. The lowest BCUT2D eigenvalue weighted by Crippen LogP contribution is -2.47. The molecule has 0 unspecified atom stereocenters. The molecule has 0 aromatic rings. The van der Waals surface area contributed by atoms with Gasteiger partial charge in [-0.1, -0.05) is 6.92 Å². The predicted octanol–water partition coefficient (Wildman–Crippen LogP) is 0.967. The minimum absolute atomic E-state index is 0. The third-order valence-corrected chi connectivity index (χ3v) is 3.36. The normalized spacial score (nSPS) is 17.6. The number of carbonyl (C=O) groups is 1. The summed E-state index contributed by atoms with van der Waals surface area (Å²) in [5.41, 5.74) is 0.0837. The summed E-state index contributed by atoms with van der Waals surface area (Å²) in [6.45, 7) is 6.19. The van der Waals surface area contributed by atoms with Crippen molar-refractivity contribution in [2.75, 3.05) is 46.6 Å². The van der Waals surface area contributed by atoms with Crippen molar-refractivity contribution in [2.45, 2.75) is 26.2 Å². The molecule has 0 radical (unpaired) electrons. The zero-order valence-electron chi connectivity index (χ0n) is 12.0. The molecule has 114 valence electrons. The van der Waals surface area contributed by atoms with Crippen molar-refractivity contribution in [3.8, 4) is 0 Å². The summed E-state index contributed by atoms with van der Waals surface area (Å²) in [6.07, 6.45) is 3.01. The second-order valence-electron chi connectivity index (χ2n) is 5.01. The minimum Gasteiger partial charge on any atom is -0.384 e. The van der Waals surface area contributed by atoms with E-state index in [1.807, 2.05) is 6.92 Å². The maximum atomic E-state index is 11.6. The average molecular weight is 295 g/mol. The van der Waals surface area contributed by atoms with Crippen LogP contribution in [0.4, 0.5) is 0 Å². The van der Waals surface area contributed by atoms with Crippen LogP contribution in [-0.4, -0.2) is 52.5 Å². The number of methoxy groups -OCH3 is 1. The second-order valence-corrected chi connectivity index (χ2v) is 5.01. The number of piperidine rings is 1. The van der Waals surface area contributed by atoms with Crippen LogP contribution in [-0.2, 0) is 14.3 Å². The SMILES string of the molecule is CCCOCC(=O)NCC1(COC)CCNCC1.Cl. The summed E-state index contributed by atoms with van der Waals surface area (Å²) < 4.78 is 10.5. The van der Waals surface area contributed by atoms with Gasteiger partial charge in [-0.3, -0.25) is 4.79 Å². The first-order valence-corrected chi connectivity index (χ1v) is 6.76. The number of hydrogen-bond acceptors (Lipinski definition) is 4. The lowest BCUT2D eigenvalue weighted by molar-refractivity contribution is -0.126. The van der Waals surface area contributed by atoms with Gasteiger partial charge in [0.1, 0.15) is 6.61 Å². The molecule has 6 heteroatoms. The van der Waals surface area contributed by atoms with Crippen molar-refractivity contribution >= 4 is 18.3 Å². The van der Waals surface area contributed by atoms with Crippen LogP contribution in [0.2, 0.25) is 0 Å². The van der Waals surface area contributed by atoms with Crippen molar-refractivity contribution < 1.29 is 14.3 Å². The van der Waals surface area contributed by atoms with Gasteiger partial charge in [-0.25, -0.2) is 0 Å². The molecule has 1 amide bonds. The molecule has 0 aromatic heterocycles. The number of rotatable bonds is 8. The van der Waals surface area contributed by atoms with E-state index in [0.717, 1.165) is 32.4 Å². The molecule has 1 heterocycles. The molecule has 1 saturated heterocycles. The molecular formula is C13H27ClN2O3. The van der Waals surface area contributed by atoms with Crippen LogP contribution in [0.5, 0.6) is 0 Å². The molecular weight excluding hydrogens is 268 g/mol. The number of carbonyl (C=O) groups excluding carboxylic acids is 1. The zero-order chi connectivity index (χ0) is 13.3. The van der Waals surface area contributed by atoms with Gasteiger partial charge in [-0.15, -0.1) is 12.4 Å². The maximum absolute atomic E-state index is 11.6. The van der Waals surface area contributed by atoms with E-state index < -0.39 is 0 Å². The van der Waals surface area contributed by atoms with E-state index >= 15 is 0 Å². The zero-order valence-corrected chi connectivity index (χ0v) is 12.8. The molecule has 0 atom stereocenters. The Morgan fingerprint density at radius 2 is 2.05 bits per heavy atom. The monoisotopic (exact) mass is 294 g/mol. The smallest absolute Gasteiger partial charge is 0.246 e. The molecule has 0 aliphatic carbocycles. The Morgan fingerprint density at radius 3 is 2.63 bits per heavy atom. The average Bonchev–Trinajstić information content (AvgIpc) is 2.38. The van der Waals surface area contributed by atoms with Gasteiger partial charge in [0.2, 0.25) is 5.91 Å². The Kier molecular flexibility index (Phi) is 10.2. The van der Waals surface area contributed by atoms with Crippen LogP contribution in [0, 0.1) is 5.41 Å². The topological polar surface area (TPSA) is 59.6 Å². The standard InChI is InChI=1S/C13H26N2O3.ClH/c1-3-8-18-9-12(16)15-10-13(11-17-2)4-6-14-7-5-13;/h14H,3-11H2,1-2H3,(H,15,16);1H. The first-order valence-electron chi connectivity index (χ1n) is 6.76. The van der Waals surface area contributed by atoms with Crippen molar-refractivity contribution in [3.05, 3.63) is 0 Å². The second kappa shape index (κ2) is 10.4.